The first-order valence-corrected chi connectivity index (χ1v) is 13.5. The highest BCUT2D eigenvalue weighted by molar-refractivity contribution is 7.17. The lowest BCUT2D eigenvalue weighted by atomic mass is 10.2. The van der Waals surface area contributed by atoms with Crippen molar-refractivity contribution in [3.05, 3.63) is 58.4 Å². The molecule has 1 aliphatic rings. The van der Waals surface area contributed by atoms with E-state index < -0.39 is 6.10 Å². The fourth-order valence-electron chi connectivity index (χ4n) is 4.76. The Morgan fingerprint density at radius 2 is 1.92 bits per heavy atom. The molecule has 0 spiro atoms. The maximum atomic E-state index is 13.0. The number of nitrogen functional groups attached to an aromatic ring is 1. The van der Waals surface area contributed by atoms with Gasteiger partial charge in [0.1, 0.15) is 28.9 Å². The molecule has 0 radical (unpaired) electrons. The molecule has 1 aliphatic heterocycles. The number of ether oxygens (including phenoxy) is 1. The summed E-state index contributed by atoms with van der Waals surface area (Å²) in [7, 11) is 0. The van der Waals surface area contributed by atoms with Gasteiger partial charge in [-0.05, 0) is 42.5 Å². The van der Waals surface area contributed by atoms with Crippen LogP contribution in [0.5, 0.6) is 5.75 Å². The van der Waals surface area contributed by atoms with Gasteiger partial charge >= 0.3 is 4.87 Å². The van der Waals surface area contributed by atoms with E-state index in [9.17, 15) is 9.90 Å². The van der Waals surface area contributed by atoms with Gasteiger partial charge in [0, 0.05) is 45.0 Å². The molecule has 1 atom stereocenters. The largest absolute Gasteiger partial charge is 0.491 e. The van der Waals surface area contributed by atoms with E-state index in [4.69, 9.17) is 20.0 Å². The van der Waals surface area contributed by atoms with Gasteiger partial charge in [-0.25, -0.2) is 0 Å². The van der Waals surface area contributed by atoms with Crippen molar-refractivity contribution in [3.8, 4) is 17.2 Å². The number of aliphatic hydroxyl groups is 2. The number of nitrogens with two attached hydrogens (primary N) is 1. The molecule has 6 rings (SSSR count). The van der Waals surface area contributed by atoms with E-state index in [0.29, 0.717) is 29.4 Å². The molecule has 204 valence electrons. The van der Waals surface area contributed by atoms with Crippen molar-refractivity contribution < 1.29 is 19.4 Å². The number of piperazine rings is 1. The van der Waals surface area contributed by atoms with Crippen molar-refractivity contribution >= 4 is 38.8 Å². The molecule has 5 aromatic rings. The lowest BCUT2D eigenvalue weighted by Crippen LogP contribution is -2.47. The summed E-state index contributed by atoms with van der Waals surface area (Å²) in [6, 6.07) is 13.2. The van der Waals surface area contributed by atoms with E-state index in [1.54, 1.807) is 21.4 Å². The lowest BCUT2D eigenvalue weighted by molar-refractivity contribution is 0.0536. The zero-order valence-corrected chi connectivity index (χ0v) is 22.0. The van der Waals surface area contributed by atoms with Gasteiger partial charge in [0.15, 0.2) is 11.4 Å². The Balaban J connectivity index is 1.10. The Kier molecular flexibility index (Phi) is 6.95. The van der Waals surface area contributed by atoms with E-state index in [-0.39, 0.29) is 24.0 Å². The van der Waals surface area contributed by atoms with Crippen LogP contribution in [0, 0.1) is 0 Å². The number of nitrogens with zero attached hydrogens (tertiary/aromatic N) is 6. The third-order valence-corrected chi connectivity index (χ3v) is 7.88. The summed E-state index contributed by atoms with van der Waals surface area (Å²) in [5, 5.41) is 22.9. The quantitative estimate of drug-likeness (QED) is 0.246. The molecule has 4 aromatic heterocycles. The van der Waals surface area contributed by atoms with Crippen LogP contribution in [0.15, 0.2) is 57.9 Å². The minimum absolute atomic E-state index is 0.0540. The average molecular weight is 552 g/mol. The Labute approximate surface area is 227 Å². The molecule has 39 heavy (non-hydrogen) atoms. The highest BCUT2D eigenvalue weighted by atomic mass is 32.1. The third-order valence-electron chi connectivity index (χ3n) is 6.89. The van der Waals surface area contributed by atoms with Crippen LogP contribution < -0.4 is 20.2 Å². The smallest absolute Gasteiger partial charge is 0.309 e. The summed E-state index contributed by atoms with van der Waals surface area (Å²) in [6.07, 6.45) is 0.700. The second kappa shape index (κ2) is 10.7. The van der Waals surface area contributed by atoms with E-state index in [1.807, 2.05) is 36.4 Å². The van der Waals surface area contributed by atoms with Gasteiger partial charge in [0.25, 0.3) is 0 Å². The van der Waals surface area contributed by atoms with Gasteiger partial charge in [0.2, 0.25) is 5.95 Å². The normalized spacial score (nSPS) is 15.4. The van der Waals surface area contributed by atoms with Crippen molar-refractivity contribution in [1.82, 2.24) is 24.1 Å². The van der Waals surface area contributed by atoms with Gasteiger partial charge in [-0.2, -0.15) is 14.6 Å². The number of fused-ring (bicyclic) bond motifs is 3. The maximum Gasteiger partial charge on any atom is 0.309 e. The highest BCUT2D eigenvalue weighted by Gasteiger charge is 2.21. The van der Waals surface area contributed by atoms with Crippen molar-refractivity contribution in [2.45, 2.75) is 12.6 Å². The first-order valence-electron chi connectivity index (χ1n) is 12.7. The number of furan rings is 1. The molecular weight excluding hydrogens is 522 g/mol. The van der Waals surface area contributed by atoms with Crippen molar-refractivity contribution in [2.24, 2.45) is 0 Å². The SMILES string of the molecule is Nc1nc2c(sc(=O)n2CCN2CCN(c3ccc(OCC(O)CO)cc3)CC2)c2cc(-c3ccco3)nn12. The number of hydrogen-bond acceptors (Lipinski definition) is 11. The van der Waals surface area contributed by atoms with Crippen LogP contribution in [-0.2, 0) is 6.54 Å². The molecule has 4 N–H and O–H groups in total. The monoisotopic (exact) mass is 551 g/mol. The van der Waals surface area contributed by atoms with Gasteiger partial charge in [-0.3, -0.25) is 14.3 Å². The summed E-state index contributed by atoms with van der Waals surface area (Å²) in [6.45, 7) is 4.43. The van der Waals surface area contributed by atoms with Crippen LogP contribution >= 0.6 is 11.3 Å². The number of benzene rings is 1. The minimum atomic E-state index is -0.888. The van der Waals surface area contributed by atoms with Crippen LogP contribution in [0.25, 0.3) is 27.3 Å². The molecule has 12 nitrogen and oxygen atoms in total. The second-order valence-corrected chi connectivity index (χ2v) is 10.4. The number of anilines is 2. The molecule has 1 fully saturated rings. The molecule has 13 heteroatoms. The lowest BCUT2D eigenvalue weighted by Gasteiger charge is -2.36. The predicted molar refractivity (Wildman–Crippen MR) is 148 cm³/mol. The molecule has 0 saturated carbocycles. The molecule has 0 bridgehead atoms. The molecule has 5 heterocycles. The number of rotatable bonds is 9. The molecule has 0 amide bonds. The standard InChI is InChI=1S/C26H29N7O5S/c27-25-28-24-23(21-14-20(29-33(21)25)22-2-1-13-37-22)39-26(36)32(24)12-9-30-7-10-31(11-8-30)17-3-5-19(6-4-17)38-16-18(35)15-34/h1-6,13-14,18,34-35H,7-12,15-16H2,(H2,27,28). The van der Waals surface area contributed by atoms with Crippen LogP contribution in [0.1, 0.15) is 0 Å². The third kappa shape index (κ3) is 5.08. The molecule has 1 unspecified atom stereocenters. The van der Waals surface area contributed by atoms with Gasteiger partial charge in [-0.1, -0.05) is 11.3 Å². The summed E-state index contributed by atoms with van der Waals surface area (Å²) in [5.74, 6) is 1.49. The summed E-state index contributed by atoms with van der Waals surface area (Å²) in [4.78, 5) is 22.1. The molecule has 1 saturated heterocycles. The van der Waals surface area contributed by atoms with E-state index in [0.717, 1.165) is 60.0 Å². The van der Waals surface area contributed by atoms with Crippen LogP contribution in [0.2, 0.25) is 0 Å². The summed E-state index contributed by atoms with van der Waals surface area (Å²) in [5.41, 5.74) is 9.27. The highest BCUT2D eigenvalue weighted by Crippen LogP contribution is 2.28. The zero-order valence-electron chi connectivity index (χ0n) is 21.1. The Hall–Kier alpha value is -3.91. The Morgan fingerprint density at radius 3 is 2.64 bits per heavy atom. The van der Waals surface area contributed by atoms with Crippen LogP contribution in [0.4, 0.5) is 11.6 Å². The van der Waals surface area contributed by atoms with Crippen LogP contribution in [-0.4, -0.2) is 86.3 Å². The topological polar surface area (TPSA) is 148 Å². The zero-order chi connectivity index (χ0) is 26.9. The Bertz CT molecular complexity index is 1620. The Morgan fingerprint density at radius 1 is 1.13 bits per heavy atom. The average Bonchev–Trinajstić information content (AvgIpc) is 3.71. The molecule has 0 aliphatic carbocycles. The minimum Gasteiger partial charge on any atom is -0.491 e. The maximum absolute atomic E-state index is 13.0. The first-order chi connectivity index (χ1) is 19.0. The fraction of sp³-hybridized carbons (Fsp3) is 0.346. The summed E-state index contributed by atoms with van der Waals surface area (Å²) >= 11 is 1.15. The van der Waals surface area contributed by atoms with E-state index in [2.05, 4.69) is 19.9 Å². The molecule has 1 aromatic carbocycles. The van der Waals surface area contributed by atoms with Crippen molar-refractivity contribution in [2.75, 3.05) is 56.6 Å². The van der Waals surface area contributed by atoms with Gasteiger partial charge in [-0.15, -0.1) is 0 Å². The van der Waals surface area contributed by atoms with Crippen molar-refractivity contribution in [1.29, 1.82) is 0 Å². The fourth-order valence-corrected chi connectivity index (χ4v) is 5.72. The second-order valence-electron chi connectivity index (χ2n) is 9.42. The number of aromatic nitrogens is 4. The first kappa shape index (κ1) is 25.4. The van der Waals surface area contributed by atoms with Crippen molar-refractivity contribution in [3.63, 3.8) is 0 Å². The number of aliphatic hydroxyl groups excluding tert-OH is 2. The van der Waals surface area contributed by atoms with E-state index in [1.165, 1.54) is 0 Å². The molecular formula is C26H29N7O5S. The van der Waals surface area contributed by atoms with Gasteiger partial charge in [0.05, 0.1) is 18.4 Å². The van der Waals surface area contributed by atoms with Crippen LogP contribution in [0.3, 0.4) is 0 Å². The predicted octanol–water partition coefficient (Wildman–Crippen LogP) is 1.50. The number of hydrogen-bond donors (Lipinski definition) is 3. The number of thiazole rings is 1. The van der Waals surface area contributed by atoms with Gasteiger partial charge < -0.3 is 30.0 Å². The van der Waals surface area contributed by atoms with E-state index >= 15 is 0 Å². The summed E-state index contributed by atoms with van der Waals surface area (Å²) < 4.78 is 15.0.